The highest BCUT2D eigenvalue weighted by atomic mass is 79.9. The molecule has 8 heteroatoms. The van der Waals surface area contributed by atoms with E-state index in [2.05, 4.69) is 15.9 Å². The number of carboxylic acids is 2. The topological polar surface area (TPSA) is 121 Å². The average molecular weight is 606 g/mol. The van der Waals surface area contributed by atoms with Crippen molar-refractivity contribution in [1.82, 2.24) is 9.97 Å². The minimum atomic E-state index is -2.09. The third-order valence-corrected chi connectivity index (χ3v) is 8.12. The van der Waals surface area contributed by atoms with Gasteiger partial charge in [-0.3, -0.25) is 9.59 Å². The van der Waals surface area contributed by atoms with Crippen LogP contribution in [0.4, 0.5) is 0 Å². The molecular formula is C32H33BrN2O5. The van der Waals surface area contributed by atoms with Crippen molar-refractivity contribution >= 4 is 38.9 Å². The number of fused-ring (bicyclic) bond motifs is 1. The number of hydrogen-bond donors (Lipinski definition) is 3. The fourth-order valence-electron chi connectivity index (χ4n) is 5.73. The van der Waals surface area contributed by atoms with E-state index in [4.69, 9.17) is 9.97 Å². The van der Waals surface area contributed by atoms with Gasteiger partial charge in [0.1, 0.15) is 5.52 Å². The normalized spacial score (nSPS) is 13.3. The van der Waals surface area contributed by atoms with Gasteiger partial charge >= 0.3 is 11.9 Å². The Bertz CT molecular complexity index is 1570. The molecule has 0 bridgehead atoms. The molecule has 0 spiro atoms. The van der Waals surface area contributed by atoms with Gasteiger partial charge < -0.3 is 15.3 Å². The maximum atomic E-state index is 12.8. The molecule has 0 saturated carbocycles. The van der Waals surface area contributed by atoms with Crippen molar-refractivity contribution < 1.29 is 24.9 Å². The molecule has 1 unspecified atom stereocenters. The molecule has 0 fully saturated rings. The van der Waals surface area contributed by atoms with Crippen molar-refractivity contribution in [3.63, 3.8) is 0 Å². The number of nitrogens with zero attached hydrogens (tertiary/aromatic N) is 2. The summed E-state index contributed by atoms with van der Waals surface area (Å²) < 4.78 is 0.512. The lowest BCUT2D eigenvalue weighted by Crippen LogP contribution is -2.56. The second kappa shape index (κ2) is 10.3. The van der Waals surface area contributed by atoms with E-state index in [-0.39, 0.29) is 5.75 Å². The molecule has 1 aromatic heterocycles. The number of hydrogen-bond acceptors (Lipinski definition) is 5. The van der Waals surface area contributed by atoms with Gasteiger partial charge in [-0.15, -0.1) is 0 Å². The molecule has 4 aromatic rings. The first-order valence-electron chi connectivity index (χ1n) is 12.9. The second-order valence-electron chi connectivity index (χ2n) is 12.1. The quantitative estimate of drug-likeness (QED) is 0.192. The Kier molecular flexibility index (Phi) is 7.54. The number of aromatic hydroxyl groups is 1. The molecule has 1 heterocycles. The number of phenolic OH excluding ortho intramolecular Hbond substituents is 1. The number of phenols is 1. The second-order valence-corrected chi connectivity index (χ2v) is 13.0. The van der Waals surface area contributed by atoms with E-state index >= 15 is 0 Å². The number of carboxylic acid groups (broad SMARTS) is 2. The number of aromatic nitrogens is 2. The molecule has 0 saturated heterocycles. The largest absolute Gasteiger partial charge is 0.504 e. The summed E-state index contributed by atoms with van der Waals surface area (Å²) in [5.74, 6) is -3.59. The van der Waals surface area contributed by atoms with E-state index in [1.807, 2.05) is 63.2 Å². The van der Waals surface area contributed by atoms with E-state index in [1.54, 1.807) is 45.0 Å². The smallest absolute Gasteiger partial charge is 0.322 e. The van der Waals surface area contributed by atoms with Crippen molar-refractivity contribution in [1.29, 1.82) is 0 Å². The highest BCUT2D eigenvalue weighted by Gasteiger charge is 2.63. The van der Waals surface area contributed by atoms with Gasteiger partial charge in [0.25, 0.3) is 0 Å². The van der Waals surface area contributed by atoms with Crippen LogP contribution >= 0.6 is 15.9 Å². The molecule has 0 radical (unpaired) electrons. The summed E-state index contributed by atoms with van der Waals surface area (Å²) in [7, 11) is 0. The fourth-order valence-corrected chi connectivity index (χ4v) is 6.05. The van der Waals surface area contributed by atoms with Gasteiger partial charge in [-0.2, -0.15) is 0 Å². The summed E-state index contributed by atoms with van der Waals surface area (Å²) in [5, 5.41) is 31.5. The average Bonchev–Trinajstić information content (AvgIpc) is 2.87. The van der Waals surface area contributed by atoms with Gasteiger partial charge in [-0.25, -0.2) is 9.97 Å². The molecule has 0 aliphatic carbocycles. The molecule has 1 atom stereocenters. The molecule has 0 aliphatic heterocycles. The number of benzene rings is 3. The van der Waals surface area contributed by atoms with Crippen LogP contribution in [-0.2, 0) is 9.59 Å². The molecule has 3 N–H and O–H groups in total. The van der Waals surface area contributed by atoms with E-state index in [1.165, 1.54) is 0 Å². The summed E-state index contributed by atoms with van der Waals surface area (Å²) in [6, 6.07) is 20.2. The minimum absolute atomic E-state index is 0.00189. The SMILES string of the molecule is CC(C)(C)C(c1ccc(-c2nc3ccc(Br)c(O)c3nc2-c2ccccc2)cc1)C(C(=O)O)(C(=O)O)C(C)(C)C. The summed E-state index contributed by atoms with van der Waals surface area (Å²) >= 11 is 3.35. The van der Waals surface area contributed by atoms with Crippen LogP contribution in [0.3, 0.4) is 0 Å². The third-order valence-electron chi connectivity index (χ3n) is 7.48. The molecule has 0 amide bonds. The maximum absolute atomic E-state index is 12.8. The molecule has 0 aliphatic rings. The highest BCUT2D eigenvalue weighted by molar-refractivity contribution is 9.10. The van der Waals surface area contributed by atoms with Crippen LogP contribution in [0.15, 0.2) is 71.2 Å². The van der Waals surface area contributed by atoms with E-state index < -0.39 is 34.1 Å². The number of halogens is 1. The van der Waals surface area contributed by atoms with Crippen LogP contribution in [0.1, 0.15) is 53.0 Å². The van der Waals surface area contributed by atoms with Gasteiger partial charge in [0.2, 0.25) is 0 Å². The van der Waals surface area contributed by atoms with Crippen LogP contribution in [0.2, 0.25) is 0 Å². The summed E-state index contributed by atoms with van der Waals surface area (Å²) in [5.41, 5.74) is 0.277. The van der Waals surface area contributed by atoms with Crippen LogP contribution in [0.5, 0.6) is 5.75 Å². The summed E-state index contributed by atoms with van der Waals surface area (Å²) in [6.07, 6.45) is 0. The highest BCUT2D eigenvalue weighted by Crippen LogP contribution is 2.57. The lowest BCUT2D eigenvalue weighted by atomic mass is 9.52. The zero-order valence-electron chi connectivity index (χ0n) is 23.4. The predicted octanol–water partition coefficient (Wildman–Crippen LogP) is 7.76. The first kappa shape index (κ1) is 29.2. The lowest BCUT2D eigenvalue weighted by Gasteiger charge is -2.48. The van der Waals surface area contributed by atoms with Gasteiger partial charge in [0, 0.05) is 17.0 Å². The molecule has 4 rings (SSSR count). The monoisotopic (exact) mass is 604 g/mol. The van der Waals surface area contributed by atoms with Crippen molar-refractivity contribution in [3.05, 3.63) is 76.8 Å². The molecule has 40 heavy (non-hydrogen) atoms. The van der Waals surface area contributed by atoms with E-state index in [9.17, 15) is 24.9 Å². The Morgan fingerprint density at radius 1 is 0.750 bits per heavy atom. The summed E-state index contributed by atoms with van der Waals surface area (Å²) in [6.45, 7) is 10.6. The Morgan fingerprint density at radius 2 is 1.27 bits per heavy atom. The van der Waals surface area contributed by atoms with Crippen molar-refractivity contribution in [2.75, 3.05) is 0 Å². The lowest BCUT2D eigenvalue weighted by molar-refractivity contribution is -0.180. The first-order chi connectivity index (χ1) is 18.6. The van der Waals surface area contributed by atoms with Crippen LogP contribution in [-0.4, -0.2) is 37.2 Å². The van der Waals surface area contributed by atoms with Gasteiger partial charge in [0.15, 0.2) is 11.2 Å². The number of aliphatic carboxylic acids is 2. The fraction of sp³-hybridized carbons (Fsp3) is 0.312. The third kappa shape index (κ3) is 4.85. The molecule has 208 valence electrons. The molecule has 3 aromatic carbocycles. The predicted molar refractivity (Wildman–Crippen MR) is 159 cm³/mol. The van der Waals surface area contributed by atoms with Crippen molar-refractivity contribution in [3.8, 4) is 28.3 Å². The molecular weight excluding hydrogens is 572 g/mol. The Hall–Kier alpha value is -3.78. The van der Waals surface area contributed by atoms with Crippen LogP contribution in [0.25, 0.3) is 33.5 Å². The Labute approximate surface area is 242 Å². The summed E-state index contributed by atoms with van der Waals surface area (Å²) in [4.78, 5) is 35.3. The van der Waals surface area contributed by atoms with Crippen LogP contribution < -0.4 is 0 Å². The van der Waals surface area contributed by atoms with E-state index in [0.717, 1.165) is 11.1 Å². The van der Waals surface area contributed by atoms with Crippen molar-refractivity contribution in [2.24, 2.45) is 16.2 Å². The standard InChI is InChI=1S/C32H33BrN2O5/c1-30(2,3)27(32(28(37)38,29(39)40)31(4,5)6)20-14-12-19(13-15-20)23-24(18-10-8-7-9-11-18)35-25-22(34-23)17-16-21(33)26(25)36/h7-17,27,36H,1-6H3,(H,37,38)(H,39,40). The first-order valence-corrected chi connectivity index (χ1v) is 13.7. The van der Waals surface area contributed by atoms with Gasteiger partial charge in [0.05, 0.1) is 21.4 Å². The number of rotatable bonds is 6. The Morgan fingerprint density at radius 3 is 1.77 bits per heavy atom. The Balaban J connectivity index is 1.95. The molecule has 7 nitrogen and oxygen atoms in total. The van der Waals surface area contributed by atoms with Gasteiger partial charge in [-0.05, 0) is 44.5 Å². The van der Waals surface area contributed by atoms with E-state index in [0.29, 0.717) is 32.5 Å². The van der Waals surface area contributed by atoms with Crippen molar-refractivity contribution in [2.45, 2.75) is 47.5 Å². The minimum Gasteiger partial charge on any atom is -0.504 e. The zero-order valence-corrected chi connectivity index (χ0v) is 24.9. The number of carbonyl (C=O) groups is 2. The zero-order chi connectivity index (χ0) is 29.6. The van der Waals surface area contributed by atoms with Gasteiger partial charge in [-0.1, -0.05) is 96.1 Å². The van der Waals surface area contributed by atoms with Crippen LogP contribution in [0, 0.1) is 16.2 Å². The maximum Gasteiger partial charge on any atom is 0.322 e.